The fraction of sp³-hybridized carbons (Fsp3) is 0.273. The van der Waals surface area contributed by atoms with Crippen molar-refractivity contribution < 1.29 is 0 Å². The average molecular weight is 441 g/mol. The van der Waals surface area contributed by atoms with E-state index in [2.05, 4.69) is 98.1 Å². The predicted octanol–water partition coefficient (Wildman–Crippen LogP) is 10.4. The van der Waals surface area contributed by atoms with E-state index in [4.69, 9.17) is 0 Å². The molecule has 0 saturated heterocycles. The van der Waals surface area contributed by atoms with Gasteiger partial charge in [-0.15, -0.1) is 0 Å². The molecule has 0 amide bonds. The monoisotopic (exact) mass is 440 g/mol. The van der Waals surface area contributed by atoms with Crippen LogP contribution in [-0.2, 0) is 5.41 Å². The van der Waals surface area contributed by atoms with E-state index in [-0.39, 0.29) is 5.41 Å². The summed E-state index contributed by atoms with van der Waals surface area (Å²) < 4.78 is 0. The van der Waals surface area contributed by atoms with Gasteiger partial charge >= 0.3 is 0 Å². The standard InChI is InChI=1S/C25H20.4C2H6/c1-3-12-19(4-2)25(20-13-6-5-7-14-20)23-17-10-8-15-21(23)22-16-9-11-18-24(22)25;4*1-2/h3-18H,1-2H2;4*1-2H3/b19-12+;;;;. The first-order valence-electron chi connectivity index (χ1n) is 12.5. The molecule has 0 heteroatoms. The Balaban J connectivity index is 0.00000116. The number of hydrogen-bond acceptors (Lipinski definition) is 0. The van der Waals surface area contributed by atoms with Crippen LogP contribution in [0.25, 0.3) is 11.1 Å². The molecule has 0 unspecified atom stereocenters. The molecule has 0 spiro atoms. The third-order valence-electron chi connectivity index (χ3n) is 5.11. The molecule has 0 fully saturated rings. The van der Waals surface area contributed by atoms with Gasteiger partial charge in [-0.05, 0) is 33.4 Å². The highest BCUT2D eigenvalue weighted by atomic mass is 14.5. The molecule has 0 radical (unpaired) electrons. The molecular weight excluding hydrogens is 396 g/mol. The molecule has 0 atom stereocenters. The summed E-state index contributed by atoms with van der Waals surface area (Å²) in [7, 11) is 0. The third kappa shape index (κ3) is 5.82. The van der Waals surface area contributed by atoms with Crippen molar-refractivity contribution in [2.45, 2.75) is 60.8 Å². The summed E-state index contributed by atoms with van der Waals surface area (Å²) in [6, 6.07) is 28.1. The fourth-order valence-corrected chi connectivity index (χ4v) is 4.18. The Morgan fingerprint density at radius 1 is 0.576 bits per heavy atom. The molecule has 0 bridgehead atoms. The molecule has 1 aliphatic carbocycles. The van der Waals surface area contributed by atoms with Crippen LogP contribution in [-0.4, -0.2) is 0 Å². The molecule has 0 aromatic heterocycles. The molecule has 4 rings (SSSR count). The summed E-state index contributed by atoms with van der Waals surface area (Å²) in [6.45, 7) is 24.1. The minimum atomic E-state index is -0.357. The maximum absolute atomic E-state index is 4.12. The minimum absolute atomic E-state index is 0.357. The lowest BCUT2D eigenvalue weighted by molar-refractivity contribution is 0.767. The van der Waals surface area contributed by atoms with E-state index in [0.717, 1.165) is 5.57 Å². The highest BCUT2D eigenvalue weighted by molar-refractivity contribution is 5.86. The zero-order valence-corrected chi connectivity index (χ0v) is 22.2. The van der Waals surface area contributed by atoms with Crippen molar-refractivity contribution in [2.24, 2.45) is 0 Å². The molecule has 3 aromatic rings. The average Bonchev–Trinajstić information content (AvgIpc) is 3.23. The topological polar surface area (TPSA) is 0 Å². The van der Waals surface area contributed by atoms with Gasteiger partial charge in [0.2, 0.25) is 0 Å². The second-order valence-electron chi connectivity index (χ2n) is 6.27. The largest absolute Gasteiger partial charge is 0.0991 e. The van der Waals surface area contributed by atoms with E-state index in [1.807, 2.05) is 67.5 Å². The van der Waals surface area contributed by atoms with Gasteiger partial charge in [0.15, 0.2) is 0 Å². The summed E-state index contributed by atoms with van der Waals surface area (Å²) in [6.07, 6.45) is 5.90. The van der Waals surface area contributed by atoms with Crippen molar-refractivity contribution >= 4 is 0 Å². The molecule has 3 aromatic carbocycles. The van der Waals surface area contributed by atoms with E-state index in [0.29, 0.717) is 0 Å². The zero-order chi connectivity index (χ0) is 25.3. The number of hydrogen-bond donors (Lipinski definition) is 0. The van der Waals surface area contributed by atoms with Crippen LogP contribution < -0.4 is 0 Å². The molecule has 0 N–H and O–H groups in total. The van der Waals surface area contributed by atoms with Crippen LogP contribution in [0.5, 0.6) is 0 Å². The number of fused-ring (bicyclic) bond motifs is 3. The summed E-state index contributed by atoms with van der Waals surface area (Å²) in [5.74, 6) is 0. The predicted molar refractivity (Wildman–Crippen MR) is 152 cm³/mol. The van der Waals surface area contributed by atoms with E-state index in [9.17, 15) is 0 Å². The Labute approximate surface area is 204 Å². The van der Waals surface area contributed by atoms with Gasteiger partial charge in [0.25, 0.3) is 0 Å². The quantitative estimate of drug-likeness (QED) is 0.354. The van der Waals surface area contributed by atoms with Gasteiger partial charge in [0, 0.05) is 0 Å². The first-order valence-corrected chi connectivity index (χ1v) is 12.5. The highest BCUT2D eigenvalue weighted by Gasteiger charge is 2.45. The molecule has 0 nitrogen and oxygen atoms in total. The number of benzene rings is 3. The summed E-state index contributed by atoms with van der Waals surface area (Å²) in [5, 5.41) is 0. The molecule has 33 heavy (non-hydrogen) atoms. The van der Waals surface area contributed by atoms with Crippen LogP contribution >= 0.6 is 0 Å². The first kappa shape index (κ1) is 29.9. The van der Waals surface area contributed by atoms with Gasteiger partial charge in [0.05, 0.1) is 5.41 Å². The number of rotatable bonds is 4. The van der Waals surface area contributed by atoms with E-state index < -0.39 is 0 Å². The molecular formula is C33H44. The van der Waals surface area contributed by atoms with Gasteiger partial charge < -0.3 is 0 Å². The van der Waals surface area contributed by atoms with Gasteiger partial charge in [-0.1, -0.05) is 166 Å². The molecule has 0 aliphatic heterocycles. The normalized spacial score (nSPS) is 11.7. The lowest BCUT2D eigenvalue weighted by Crippen LogP contribution is -2.28. The summed E-state index contributed by atoms with van der Waals surface area (Å²) in [5.41, 5.74) is 7.22. The third-order valence-corrected chi connectivity index (χ3v) is 5.11. The molecule has 176 valence electrons. The lowest BCUT2D eigenvalue weighted by atomic mass is 9.67. The van der Waals surface area contributed by atoms with Crippen LogP contribution in [0.4, 0.5) is 0 Å². The SMILES string of the molecule is C=C/C=C(\C=C)C1(c2ccccc2)c2ccccc2-c2ccccc21.CC.CC.CC.CC. The van der Waals surface area contributed by atoms with Gasteiger partial charge in [-0.2, -0.15) is 0 Å². The zero-order valence-electron chi connectivity index (χ0n) is 22.2. The molecule has 1 aliphatic rings. The Hall–Kier alpha value is -3.12. The Morgan fingerprint density at radius 2 is 0.970 bits per heavy atom. The van der Waals surface area contributed by atoms with Crippen LogP contribution in [0.15, 0.2) is 116 Å². The van der Waals surface area contributed by atoms with Gasteiger partial charge in [-0.3, -0.25) is 0 Å². The highest BCUT2D eigenvalue weighted by Crippen LogP contribution is 2.56. The van der Waals surface area contributed by atoms with Crippen molar-refractivity contribution in [1.82, 2.24) is 0 Å². The Kier molecular flexibility index (Phi) is 14.9. The smallest absolute Gasteiger partial charge is 0.0713 e. The van der Waals surface area contributed by atoms with Crippen molar-refractivity contribution in [1.29, 1.82) is 0 Å². The van der Waals surface area contributed by atoms with Crippen molar-refractivity contribution in [3.63, 3.8) is 0 Å². The minimum Gasteiger partial charge on any atom is -0.0991 e. The molecule has 0 saturated carbocycles. The van der Waals surface area contributed by atoms with Gasteiger partial charge in [-0.25, -0.2) is 0 Å². The lowest BCUT2D eigenvalue weighted by Gasteiger charge is -2.34. The summed E-state index contributed by atoms with van der Waals surface area (Å²) in [4.78, 5) is 0. The maximum atomic E-state index is 4.12. The first-order chi connectivity index (χ1) is 16.3. The van der Waals surface area contributed by atoms with Crippen molar-refractivity contribution in [2.75, 3.05) is 0 Å². The fourth-order valence-electron chi connectivity index (χ4n) is 4.18. The maximum Gasteiger partial charge on any atom is 0.0713 e. The van der Waals surface area contributed by atoms with E-state index >= 15 is 0 Å². The van der Waals surface area contributed by atoms with Gasteiger partial charge in [0.1, 0.15) is 0 Å². The van der Waals surface area contributed by atoms with Crippen LogP contribution in [0, 0.1) is 0 Å². The van der Waals surface area contributed by atoms with Crippen LogP contribution in [0.3, 0.4) is 0 Å². The van der Waals surface area contributed by atoms with Crippen LogP contribution in [0.1, 0.15) is 72.1 Å². The van der Waals surface area contributed by atoms with E-state index in [1.54, 1.807) is 0 Å². The van der Waals surface area contributed by atoms with E-state index in [1.165, 1.54) is 27.8 Å². The number of allylic oxidation sites excluding steroid dienone is 4. The second kappa shape index (κ2) is 16.5. The van der Waals surface area contributed by atoms with Crippen LogP contribution in [0.2, 0.25) is 0 Å². The summed E-state index contributed by atoms with van der Waals surface area (Å²) >= 11 is 0. The van der Waals surface area contributed by atoms with Crippen molar-refractivity contribution in [3.8, 4) is 11.1 Å². The Bertz CT molecular complexity index is 928. The second-order valence-corrected chi connectivity index (χ2v) is 6.27. The Morgan fingerprint density at radius 3 is 1.36 bits per heavy atom. The van der Waals surface area contributed by atoms with Crippen molar-refractivity contribution in [3.05, 3.63) is 133 Å². The molecule has 0 heterocycles.